The Balaban J connectivity index is 1.55. The molecule has 1 saturated heterocycles. The van der Waals surface area contributed by atoms with Gasteiger partial charge >= 0.3 is 0 Å². The van der Waals surface area contributed by atoms with Gasteiger partial charge in [0.25, 0.3) is 5.91 Å². The third kappa shape index (κ3) is 1.59. The fraction of sp³-hybridized carbons (Fsp3) is 0.389. The number of rotatable bonds is 1. The number of imide groups is 3. The number of amides is 3. The van der Waals surface area contributed by atoms with Crippen LogP contribution < -0.4 is 0 Å². The van der Waals surface area contributed by atoms with E-state index in [2.05, 4.69) is 12.2 Å². The topological polar surface area (TPSA) is 54.5 Å². The Kier molecular flexibility index (Phi) is 2.54. The molecule has 6 atom stereocenters. The van der Waals surface area contributed by atoms with Crippen molar-refractivity contribution < 1.29 is 14.4 Å². The monoisotopic (exact) mass is 327 g/mol. The van der Waals surface area contributed by atoms with Gasteiger partial charge in [0.1, 0.15) is 0 Å². The Morgan fingerprint density at radius 3 is 2.13 bits per heavy atom. The number of nitrogens with zero attached hydrogens (tertiary/aromatic N) is 1. The van der Waals surface area contributed by atoms with Gasteiger partial charge in [-0.3, -0.25) is 14.4 Å². The zero-order valence-electron chi connectivity index (χ0n) is 12.2. The lowest BCUT2D eigenvalue weighted by molar-refractivity contribution is -0.136. The average Bonchev–Trinajstić information content (AvgIpc) is 3.32. The smallest absolute Gasteiger partial charge is 0.268 e. The molecule has 23 heavy (non-hydrogen) atoms. The fourth-order valence-electron chi connectivity index (χ4n) is 4.91. The molecule has 0 aromatic heterocycles. The summed E-state index contributed by atoms with van der Waals surface area (Å²) in [7, 11) is 0. The van der Waals surface area contributed by atoms with Crippen molar-refractivity contribution in [1.82, 2.24) is 4.90 Å². The van der Waals surface area contributed by atoms with Crippen LogP contribution in [-0.4, -0.2) is 22.6 Å². The van der Waals surface area contributed by atoms with Gasteiger partial charge in [-0.15, -0.1) is 0 Å². The van der Waals surface area contributed by atoms with E-state index in [-0.39, 0.29) is 46.1 Å². The van der Waals surface area contributed by atoms with Crippen LogP contribution in [0, 0.1) is 35.5 Å². The maximum atomic E-state index is 12.8. The standard InChI is InChI=1S/C18H14ClNO3/c19-13-4-2-1-3-10(13)16(21)20-17(22)14-8-5-6-9(12-7-11(8)12)15(14)18(20)23/h1-6,8-9,11-12,14-15H,7H2/t8-,9-,11-,12+,14-,15+/m0/s1. The van der Waals surface area contributed by atoms with E-state index in [0.29, 0.717) is 11.8 Å². The predicted molar refractivity (Wildman–Crippen MR) is 82.3 cm³/mol. The van der Waals surface area contributed by atoms with E-state index in [9.17, 15) is 14.4 Å². The SMILES string of the molecule is O=C(c1ccccc1Cl)N1C(=O)[C@@H]2[C@H]3C=C[C@@H]([C@@H]4C[C@H]34)[C@@H]2C1=O. The molecule has 0 spiro atoms. The summed E-state index contributed by atoms with van der Waals surface area (Å²) in [4.78, 5) is 39.3. The highest BCUT2D eigenvalue weighted by atomic mass is 35.5. The number of carbonyl (C=O) groups excluding carboxylic acids is 3. The third-order valence-corrected chi connectivity index (χ3v) is 6.30. The molecular weight excluding hydrogens is 314 g/mol. The lowest BCUT2D eigenvalue weighted by Gasteiger charge is -2.37. The van der Waals surface area contributed by atoms with Crippen molar-refractivity contribution >= 4 is 29.3 Å². The molecule has 1 heterocycles. The highest BCUT2D eigenvalue weighted by molar-refractivity contribution is 6.35. The lowest BCUT2D eigenvalue weighted by atomic mass is 9.63. The molecule has 2 saturated carbocycles. The van der Waals surface area contributed by atoms with E-state index in [0.717, 1.165) is 11.3 Å². The first kappa shape index (κ1) is 13.5. The van der Waals surface area contributed by atoms with Crippen LogP contribution in [0.3, 0.4) is 0 Å². The number of benzene rings is 1. The van der Waals surface area contributed by atoms with Crippen LogP contribution in [0.1, 0.15) is 16.8 Å². The molecule has 4 nitrogen and oxygen atoms in total. The molecule has 1 aromatic carbocycles. The molecule has 3 amide bonds. The minimum Gasteiger partial charge on any atom is -0.274 e. The van der Waals surface area contributed by atoms with Crippen LogP contribution in [0.2, 0.25) is 5.02 Å². The Bertz CT molecular complexity index is 765. The zero-order chi connectivity index (χ0) is 15.9. The van der Waals surface area contributed by atoms with Crippen LogP contribution in [0.5, 0.6) is 0 Å². The Morgan fingerprint density at radius 2 is 1.57 bits per heavy atom. The summed E-state index contributed by atoms with van der Waals surface area (Å²) in [6.45, 7) is 0. The average molecular weight is 328 g/mol. The van der Waals surface area contributed by atoms with E-state index in [4.69, 9.17) is 11.6 Å². The molecule has 6 rings (SSSR count). The summed E-state index contributed by atoms with van der Waals surface area (Å²) in [5, 5.41) is 0.261. The van der Waals surface area contributed by atoms with Gasteiger partial charge in [0, 0.05) is 0 Å². The van der Waals surface area contributed by atoms with Gasteiger partial charge in [-0.05, 0) is 42.2 Å². The number of halogens is 1. The molecule has 3 fully saturated rings. The van der Waals surface area contributed by atoms with Gasteiger partial charge in [-0.1, -0.05) is 35.9 Å². The Morgan fingerprint density at radius 1 is 1.00 bits per heavy atom. The van der Waals surface area contributed by atoms with Crippen molar-refractivity contribution in [2.45, 2.75) is 6.42 Å². The molecule has 116 valence electrons. The number of hydrogen-bond acceptors (Lipinski definition) is 3. The second kappa shape index (κ2) is 4.32. The Hall–Kier alpha value is -1.94. The third-order valence-electron chi connectivity index (χ3n) is 5.97. The van der Waals surface area contributed by atoms with Gasteiger partial charge in [-0.25, -0.2) is 4.90 Å². The van der Waals surface area contributed by atoms with Crippen LogP contribution >= 0.6 is 11.6 Å². The van der Waals surface area contributed by atoms with Crippen LogP contribution in [0.25, 0.3) is 0 Å². The highest BCUT2D eigenvalue weighted by Crippen LogP contribution is 2.65. The van der Waals surface area contributed by atoms with E-state index in [1.165, 1.54) is 0 Å². The molecule has 4 aliphatic carbocycles. The molecule has 1 aromatic rings. The van der Waals surface area contributed by atoms with Crippen LogP contribution in [0.15, 0.2) is 36.4 Å². The van der Waals surface area contributed by atoms with Crippen molar-refractivity contribution in [3.05, 3.63) is 47.0 Å². The second-order valence-corrected chi connectivity index (χ2v) is 7.36. The first-order valence-corrected chi connectivity index (χ1v) is 8.32. The second-order valence-electron chi connectivity index (χ2n) is 6.95. The maximum Gasteiger partial charge on any atom is 0.268 e. The number of allylic oxidation sites excluding steroid dienone is 2. The Labute approximate surface area is 138 Å². The first-order chi connectivity index (χ1) is 11.1. The molecule has 0 unspecified atom stereocenters. The van der Waals surface area contributed by atoms with Gasteiger partial charge in [0.05, 0.1) is 22.4 Å². The summed E-state index contributed by atoms with van der Waals surface area (Å²) in [6, 6.07) is 6.53. The van der Waals surface area contributed by atoms with E-state index >= 15 is 0 Å². The fourth-order valence-corrected chi connectivity index (χ4v) is 5.13. The van der Waals surface area contributed by atoms with Crippen molar-refractivity contribution in [2.24, 2.45) is 35.5 Å². The molecule has 5 aliphatic rings. The minimum atomic E-state index is -0.590. The molecular formula is C18H14ClNO3. The van der Waals surface area contributed by atoms with E-state index in [1.54, 1.807) is 24.3 Å². The van der Waals surface area contributed by atoms with Gasteiger partial charge in [0.15, 0.2) is 0 Å². The van der Waals surface area contributed by atoms with Crippen molar-refractivity contribution in [1.29, 1.82) is 0 Å². The minimum absolute atomic E-state index is 0.121. The quantitative estimate of drug-likeness (QED) is 0.588. The van der Waals surface area contributed by atoms with Crippen molar-refractivity contribution in [3.63, 3.8) is 0 Å². The van der Waals surface area contributed by atoms with Crippen LogP contribution in [-0.2, 0) is 9.59 Å². The maximum absolute atomic E-state index is 12.8. The lowest BCUT2D eigenvalue weighted by Crippen LogP contribution is -2.40. The first-order valence-electron chi connectivity index (χ1n) is 7.94. The summed E-state index contributed by atoms with van der Waals surface area (Å²) in [5.41, 5.74) is 0.208. The summed E-state index contributed by atoms with van der Waals surface area (Å²) < 4.78 is 0. The van der Waals surface area contributed by atoms with Crippen molar-refractivity contribution in [3.8, 4) is 0 Å². The normalized spacial score (nSPS) is 39.4. The van der Waals surface area contributed by atoms with Crippen LogP contribution in [0.4, 0.5) is 0 Å². The molecule has 0 N–H and O–H groups in total. The molecule has 1 aliphatic heterocycles. The summed E-state index contributed by atoms with van der Waals surface area (Å²) in [5.74, 6) is -0.680. The zero-order valence-corrected chi connectivity index (χ0v) is 12.9. The number of likely N-dealkylation sites (tertiary alicyclic amines) is 1. The number of carbonyl (C=O) groups is 3. The summed E-state index contributed by atoms with van der Waals surface area (Å²) >= 11 is 6.06. The van der Waals surface area contributed by atoms with Gasteiger partial charge in [-0.2, -0.15) is 0 Å². The van der Waals surface area contributed by atoms with E-state index < -0.39 is 5.91 Å². The van der Waals surface area contributed by atoms with Crippen molar-refractivity contribution in [2.75, 3.05) is 0 Å². The predicted octanol–water partition coefficient (Wildman–Crippen LogP) is 2.53. The summed E-state index contributed by atoms with van der Waals surface area (Å²) in [6.07, 6.45) is 5.29. The molecule has 2 bridgehead atoms. The highest BCUT2D eigenvalue weighted by Gasteiger charge is 2.67. The molecule has 0 radical (unpaired) electrons. The largest absolute Gasteiger partial charge is 0.274 e. The van der Waals surface area contributed by atoms with Gasteiger partial charge < -0.3 is 0 Å². The van der Waals surface area contributed by atoms with Gasteiger partial charge in [0.2, 0.25) is 11.8 Å². The number of hydrogen-bond donors (Lipinski definition) is 0. The molecule has 5 heteroatoms. The van der Waals surface area contributed by atoms with E-state index in [1.807, 2.05) is 0 Å².